The van der Waals surface area contributed by atoms with E-state index in [0.717, 1.165) is 16.8 Å². The molecule has 1 atom stereocenters. The molecule has 0 radical (unpaired) electrons. The van der Waals surface area contributed by atoms with Gasteiger partial charge in [0.15, 0.2) is 6.61 Å². The van der Waals surface area contributed by atoms with Gasteiger partial charge < -0.3 is 20.7 Å². The molecule has 3 rings (SSSR count). The molecule has 7 nitrogen and oxygen atoms in total. The summed E-state index contributed by atoms with van der Waals surface area (Å²) < 4.78 is 5.28. The van der Waals surface area contributed by atoms with Crippen LogP contribution in [0.3, 0.4) is 0 Å². The fourth-order valence-corrected chi connectivity index (χ4v) is 3.53. The third kappa shape index (κ3) is 4.97. The molecule has 1 aliphatic heterocycles. The maximum Gasteiger partial charge on any atom is 0.340 e. The van der Waals surface area contributed by atoms with Crippen LogP contribution < -0.4 is 11.1 Å². The number of carbonyl (C=O) groups excluding carboxylic acids is 3. The van der Waals surface area contributed by atoms with E-state index in [9.17, 15) is 14.4 Å². The van der Waals surface area contributed by atoms with Gasteiger partial charge in [0, 0.05) is 18.8 Å². The van der Waals surface area contributed by atoms with Crippen LogP contribution in [-0.4, -0.2) is 42.4 Å². The van der Waals surface area contributed by atoms with Crippen molar-refractivity contribution in [2.75, 3.05) is 25.0 Å². The monoisotopic (exact) mass is 409 g/mol. The molecule has 7 heteroatoms. The summed E-state index contributed by atoms with van der Waals surface area (Å²) >= 11 is 0. The Morgan fingerprint density at radius 2 is 1.83 bits per heavy atom. The van der Waals surface area contributed by atoms with E-state index in [2.05, 4.69) is 5.32 Å². The predicted octanol–water partition coefficient (Wildman–Crippen LogP) is 2.93. The van der Waals surface area contributed by atoms with Gasteiger partial charge in [-0.05, 0) is 56.0 Å². The lowest BCUT2D eigenvalue weighted by Crippen LogP contribution is -2.45. The number of primary amides is 1. The molecule has 1 heterocycles. The first-order valence-electron chi connectivity index (χ1n) is 10.0. The number of rotatable bonds is 6. The van der Waals surface area contributed by atoms with E-state index in [0.29, 0.717) is 30.6 Å². The van der Waals surface area contributed by atoms with Crippen molar-refractivity contribution in [1.29, 1.82) is 0 Å². The van der Waals surface area contributed by atoms with Gasteiger partial charge in [0.05, 0.1) is 17.2 Å². The molecule has 158 valence electrons. The number of nitrogens with two attached hydrogens (primary N) is 1. The van der Waals surface area contributed by atoms with E-state index in [1.807, 2.05) is 38.1 Å². The number of para-hydroxylation sites is 1. The lowest BCUT2D eigenvalue weighted by atomic mass is 9.97. The molecule has 3 N–H and O–H groups in total. The lowest BCUT2D eigenvalue weighted by Gasteiger charge is -2.31. The van der Waals surface area contributed by atoms with E-state index in [4.69, 9.17) is 10.5 Å². The van der Waals surface area contributed by atoms with Crippen molar-refractivity contribution in [2.24, 2.45) is 11.7 Å². The van der Waals surface area contributed by atoms with Gasteiger partial charge in [-0.15, -0.1) is 0 Å². The van der Waals surface area contributed by atoms with Gasteiger partial charge in [0.25, 0.3) is 5.91 Å². The molecule has 2 aromatic carbocycles. The molecule has 2 amide bonds. The van der Waals surface area contributed by atoms with E-state index in [-0.39, 0.29) is 25.0 Å². The van der Waals surface area contributed by atoms with Crippen LogP contribution in [0.1, 0.15) is 34.3 Å². The van der Waals surface area contributed by atoms with Gasteiger partial charge >= 0.3 is 5.97 Å². The molecular formula is C23H27N3O4. The van der Waals surface area contributed by atoms with Gasteiger partial charge in [0.1, 0.15) is 0 Å². The topological polar surface area (TPSA) is 102 Å². The smallest absolute Gasteiger partial charge is 0.340 e. The number of carbonyl (C=O) groups is 3. The number of esters is 1. The zero-order chi connectivity index (χ0) is 21.7. The second-order valence-electron chi connectivity index (χ2n) is 7.58. The summed E-state index contributed by atoms with van der Waals surface area (Å²) in [6.45, 7) is 4.47. The number of piperidine rings is 1. The number of nitrogens with one attached hydrogen (secondary N) is 1. The zero-order valence-corrected chi connectivity index (χ0v) is 17.3. The van der Waals surface area contributed by atoms with Gasteiger partial charge in [-0.1, -0.05) is 24.3 Å². The number of ether oxygens (including phenoxy) is 1. The molecule has 2 aromatic rings. The Bertz CT molecular complexity index is 957. The Balaban J connectivity index is 1.65. The minimum atomic E-state index is -0.583. The van der Waals surface area contributed by atoms with Crippen LogP contribution in [0, 0.1) is 19.8 Å². The summed E-state index contributed by atoms with van der Waals surface area (Å²) in [4.78, 5) is 38.0. The van der Waals surface area contributed by atoms with Crippen molar-refractivity contribution in [1.82, 2.24) is 4.90 Å². The zero-order valence-electron chi connectivity index (χ0n) is 17.3. The minimum Gasteiger partial charge on any atom is -0.452 e. The molecule has 0 saturated carbocycles. The third-order valence-electron chi connectivity index (χ3n) is 5.52. The summed E-state index contributed by atoms with van der Waals surface area (Å²) in [5.74, 6) is -1.66. The maximum absolute atomic E-state index is 12.7. The Hall–Kier alpha value is -3.35. The van der Waals surface area contributed by atoms with Crippen LogP contribution in [0.15, 0.2) is 42.5 Å². The largest absolute Gasteiger partial charge is 0.452 e. The standard InChI is InChI=1S/C23H27N3O4/c1-15-7-5-11-19(16(15)2)25-20-10-4-3-9-18(20)23(29)30-14-21(27)26-12-6-8-17(13-26)22(24)28/h3-5,7,9-11,17,25H,6,8,12-14H2,1-2H3,(H2,24,28)/t17-/m0/s1. The van der Waals surface area contributed by atoms with Crippen molar-refractivity contribution in [3.63, 3.8) is 0 Å². The van der Waals surface area contributed by atoms with Crippen LogP contribution in [-0.2, 0) is 14.3 Å². The first-order chi connectivity index (χ1) is 14.4. The van der Waals surface area contributed by atoms with Gasteiger partial charge in [0.2, 0.25) is 5.91 Å². The fourth-order valence-electron chi connectivity index (χ4n) is 3.53. The summed E-state index contributed by atoms with van der Waals surface area (Å²) in [6, 6.07) is 12.9. The quantitative estimate of drug-likeness (QED) is 0.715. The Kier molecular flexibility index (Phi) is 6.72. The number of likely N-dealkylation sites (tertiary alicyclic amines) is 1. The average Bonchev–Trinajstić information content (AvgIpc) is 2.75. The molecule has 0 unspecified atom stereocenters. The summed E-state index contributed by atoms with van der Waals surface area (Å²) in [7, 11) is 0. The highest BCUT2D eigenvalue weighted by molar-refractivity contribution is 5.97. The average molecular weight is 409 g/mol. The number of benzene rings is 2. The number of aryl methyl sites for hydroxylation is 1. The van der Waals surface area contributed by atoms with Crippen LogP contribution >= 0.6 is 0 Å². The summed E-state index contributed by atoms with van der Waals surface area (Å²) in [5, 5.41) is 3.28. The number of anilines is 2. The van der Waals surface area contributed by atoms with Crippen molar-refractivity contribution < 1.29 is 19.1 Å². The first-order valence-corrected chi connectivity index (χ1v) is 10.0. The normalized spacial score (nSPS) is 16.1. The Labute approximate surface area is 176 Å². The molecule has 1 fully saturated rings. The molecule has 0 aliphatic carbocycles. The number of hydrogen-bond donors (Lipinski definition) is 2. The van der Waals surface area contributed by atoms with Crippen LogP contribution in [0.25, 0.3) is 0 Å². The highest BCUT2D eigenvalue weighted by Gasteiger charge is 2.27. The molecule has 0 aromatic heterocycles. The summed E-state index contributed by atoms with van der Waals surface area (Å²) in [6.07, 6.45) is 1.38. The molecule has 30 heavy (non-hydrogen) atoms. The predicted molar refractivity (Wildman–Crippen MR) is 114 cm³/mol. The number of hydrogen-bond acceptors (Lipinski definition) is 5. The van der Waals surface area contributed by atoms with E-state index in [1.165, 1.54) is 4.90 Å². The van der Waals surface area contributed by atoms with Gasteiger partial charge in [-0.2, -0.15) is 0 Å². The number of amides is 2. The lowest BCUT2D eigenvalue weighted by molar-refractivity contribution is -0.137. The molecule has 1 saturated heterocycles. The Morgan fingerprint density at radius 1 is 1.10 bits per heavy atom. The molecule has 1 aliphatic rings. The second-order valence-corrected chi connectivity index (χ2v) is 7.58. The van der Waals surface area contributed by atoms with Crippen LogP contribution in [0.5, 0.6) is 0 Å². The van der Waals surface area contributed by atoms with E-state index >= 15 is 0 Å². The van der Waals surface area contributed by atoms with Gasteiger partial charge in [-0.3, -0.25) is 9.59 Å². The Morgan fingerprint density at radius 3 is 2.60 bits per heavy atom. The minimum absolute atomic E-state index is 0.274. The third-order valence-corrected chi connectivity index (χ3v) is 5.52. The SMILES string of the molecule is Cc1cccc(Nc2ccccc2C(=O)OCC(=O)N2CCC[C@H](C(N)=O)C2)c1C. The number of nitrogens with zero attached hydrogens (tertiary/aromatic N) is 1. The van der Waals surface area contributed by atoms with Crippen molar-refractivity contribution in [3.8, 4) is 0 Å². The van der Waals surface area contributed by atoms with E-state index in [1.54, 1.807) is 18.2 Å². The molecule has 0 spiro atoms. The highest BCUT2D eigenvalue weighted by Crippen LogP contribution is 2.26. The van der Waals surface area contributed by atoms with Gasteiger partial charge in [-0.25, -0.2) is 4.79 Å². The van der Waals surface area contributed by atoms with E-state index < -0.39 is 11.9 Å². The molecule has 0 bridgehead atoms. The summed E-state index contributed by atoms with van der Waals surface area (Å²) in [5.41, 5.74) is 9.44. The van der Waals surface area contributed by atoms with Crippen LogP contribution in [0.4, 0.5) is 11.4 Å². The van der Waals surface area contributed by atoms with Crippen molar-refractivity contribution in [3.05, 3.63) is 59.2 Å². The maximum atomic E-state index is 12.7. The molecular weight excluding hydrogens is 382 g/mol. The van der Waals surface area contributed by atoms with Crippen LogP contribution in [0.2, 0.25) is 0 Å². The van der Waals surface area contributed by atoms with Crippen molar-refractivity contribution in [2.45, 2.75) is 26.7 Å². The highest BCUT2D eigenvalue weighted by atomic mass is 16.5. The van der Waals surface area contributed by atoms with Crippen molar-refractivity contribution >= 4 is 29.2 Å². The first kappa shape index (κ1) is 21.4. The fraction of sp³-hybridized carbons (Fsp3) is 0.348. The second kappa shape index (κ2) is 9.43.